The van der Waals surface area contributed by atoms with E-state index in [0.717, 1.165) is 18.4 Å². The maximum Gasteiger partial charge on any atom is 0.303 e. The summed E-state index contributed by atoms with van der Waals surface area (Å²) in [6, 6.07) is 5.66. The SMILES string of the molecule is COc1ccc(CCC(C)CC(=O)O)cc1Cl. The van der Waals surface area contributed by atoms with Gasteiger partial charge in [-0.3, -0.25) is 4.79 Å². The highest BCUT2D eigenvalue weighted by molar-refractivity contribution is 6.32. The molecule has 0 radical (unpaired) electrons. The smallest absolute Gasteiger partial charge is 0.303 e. The normalized spacial score (nSPS) is 12.2. The van der Waals surface area contributed by atoms with Gasteiger partial charge in [-0.05, 0) is 36.5 Å². The van der Waals surface area contributed by atoms with Crippen LogP contribution in [-0.2, 0) is 11.2 Å². The summed E-state index contributed by atoms with van der Waals surface area (Å²) in [6.45, 7) is 1.94. The van der Waals surface area contributed by atoms with Crippen molar-refractivity contribution in [2.24, 2.45) is 5.92 Å². The van der Waals surface area contributed by atoms with E-state index in [1.807, 2.05) is 25.1 Å². The fourth-order valence-electron chi connectivity index (χ4n) is 1.68. The van der Waals surface area contributed by atoms with Crippen LogP contribution in [0.4, 0.5) is 0 Å². The Morgan fingerprint density at radius 1 is 1.53 bits per heavy atom. The molecule has 1 aromatic rings. The van der Waals surface area contributed by atoms with Crippen molar-refractivity contribution in [2.45, 2.75) is 26.2 Å². The highest BCUT2D eigenvalue weighted by Gasteiger charge is 2.08. The van der Waals surface area contributed by atoms with E-state index in [2.05, 4.69) is 0 Å². The molecule has 4 heteroatoms. The molecule has 0 amide bonds. The number of aliphatic carboxylic acids is 1. The minimum absolute atomic E-state index is 0.174. The first-order chi connectivity index (χ1) is 8.02. The first-order valence-corrected chi connectivity index (χ1v) is 5.95. The summed E-state index contributed by atoms with van der Waals surface area (Å²) < 4.78 is 5.07. The molecule has 0 aliphatic heterocycles. The second kappa shape index (κ2) is 6.50. The number of carbonyl (C=O) groups is 1. The summed E-state index contributed by atoms with van der Waals surface area (Å²) in [5.41, 5.74) is 1.10. The largest absolute Gasteiger partial charge is 0.495 e. The van der Waals surface area contributed by atoms with Crippen molar-refractivity contribution in [2.75, 3.05) is 7.11 Å². The first-order valence-electron chi connectivity index (χ1n) is 5.57. The highest BCUT2D eigenvalue weighted by Crippen LogP contribution is 2.26. The number of methoxy groups -OCH3 is 1. The molecule has 0 aromatic heterocycles. The molecule has 1 rings (SSSR count). The number of carboxylic acid groups (broad SMARTS) is 1. The number of hydrogen-bond donors (Lipinski definition) is 1. The average molecular weight is 257 g/mol. The number of hydrogen-bond acceptors (Lipinski definition) is 2. The summed E-state index contributed by atoms with van der Waals surface area (Å²) in [7, 11) is 1.58. The van der Waals surface area contributed by atoms with Crippen molar-refractivity contribution in [3.05, 3.63) is 28.8 Å². The van der Waals surface area contributed by atoms with Gasteiger partial charge in [0, 0.05) is 6.42 Å². The average Bonchev–Trinajstić information content (AvgIpc) is 2.25. The van der Waals surface area contributed by atoms with E-state index in [0.29, 0.717) is 10.8 Å². The van der Waals surface area contributed by atoms with E-state index >= 15 is 0 Å². The van der Waals surface area contributed by atoms with E-state index < -0.39 is 5.97 Å². The number of benzene rings is 1. The minimum Gasteiger partial charge on any atom is -0.495 e. The monoisotopic (exact) mass is 256 g/mol. The molecular weight excluding hydrogens is 240 g/mol. The Hall–Kier alpha value is -1.22. The van der Waals surface area contributed by atoms with Crippen LogP contribution in [-0.4, -0.2) is 18.2 Å². The van der Waals surface area contributed by atoms with Gasteiger partial charge in [0.15, 0.2) is 0 Å². The van der Waals surface area contributed by atoms with Crippen LogP contribution in [0.25, 0.3) is 0 Å². The van der Waals surface area contributed by atoms with Crippen molar-refractivity contribution in [1.82, 2.24) is 0 Å². The molecule has 0 fully saturated rings. The van der Waals surface area contributed by atoms with E-state index in [4.69, 9.17) is 21.4 Å². The van der Waals surface area contributed by atoms with Crippen molar-refractivity contribution in [1.29, 1.82) is 0 Å². The fraction of sp³-hybridized carbons (Fsp3) is 0.462. The van der Waals surface area contributed by atoms with Crippen molar-refractivity contribution >= 4 is 17.6 Å². The van der Waals surface area contributed by atoms with Gasteiger partial charge in [-0.15, -0.1) is 0 Å². The molecule has 0 aliphatic rings. The van der Waals surface area contributed by atoms with Crippen molar-refractivity contribution in [3.8, 4) is 5.75 Å². The summed E-state index contributed by atoms with van der Waals surface area (Å²) >= 11 is 6.01. The lowest BCUT2D eigenvalue weighted by Crippen LogP contribution is -2.05. The maximum atomic E-state index is 10.5. The van der Waals surface area contributed by atoms with Crippen LogP contribution in [0.2, 0.25) is 5.02 Å². The molecular formula is C13H17ClO3. The third kappa shape index (κ3) is 4.65. The Labute approximate surface area is 106 Å². The predicted molar refractivity (Wildman–Crippen MR) is 67.7 cm³/mol. The molecule has 1 atom stereocenters. The highest BCUT2D eigenvalue weighted by atomic mass is 35.5. The Kier molecular flexibility index (Phi) is 5.29. The van der Waals surface area contributed by atoms with Gasteiger partial charge < -0.3 is 9.84 Å². The second-order valence-corrected chi connectivity index (χ2v) is 4.62. The molecule has 0 heterocycles. The zero-order chi connectivity index (χ0) is 12.8. The summed E-state index contributed by atoms with van der Waals surface area (Å²) in [6.07, 6.45) is 1.89. The molecule has 3 nitrogen and oxygen atoms in total. The van der Waals surface area contributed by atoms with Gasteiger partial charge in [0.1, 0.15) is 5.75 Å². The van der Waals surface area contributed by atoms with Gasteiger partial charge in [-0.1, -0.05) is 24.6 Å². The maximum absolute atomic E-state index is 10.5. The molecule has 0 saturated heterocycles. The number of ether oxygens (including phenoxy) is 1. The van der Waals surface area contributed by atoms with Crippen LogP contribution in [0.1, 0.15) is 25.3 Å². The Balaban J connectivity index is 2.52. The standard InChI is InChI=1S/C13H17ClO3/c1-9(7-13(15)16)3-4-10-5-6-12(17-2)11(14)8-10/h5-6,8-9H,3-4,7H2,1-2H3,(H,15,16). The van der Waals surface area contributed by atoms with E-state index in [9.17, 15) is 4.79 Å². The second-order valence-electron chi connectivity index (χ2n) is 4.21. The molecule has 0 bridgehead atoms. The lowest BCUT2D eigenvalue weighted by Gasteiger charge is -2.09. The lowest BCUT2D eigenvalue weighted by molar-refractivity contribution is -0.138. The van der Waals surface area contributed by atoms with Gasteiger partial charge in [-0.25, -0.2) is 0 Å². The van der Waals surface area contributed by atoms with Gasteiger partial charge in [0.05, 0.1) is 12.1 Å². The van der Waals surface area contributed by atoms with Gasteiger partial charge in [0.2, 0.25) is 0 Å². The van der Waals surface area contributed by atoms with E-state index in [1.54, 1.807) is 7.11 Å². The Morgan fingerprint density at radius 3 is 2.76 bits per heavy atom. The Morgan fingerprint density at radius 2 is 2.24 bits per heavy atom. The molecule has 94 valence electrons. The molecule has 1 N–H and O–H groups in total. The van der Waals surface area contributed by atoms with Gasteiger partial charge >= 0.3 is 5.97 Å². The van der Waals surface area contributed by atoms with Crippen LogP contribution >= 0.6 is 11.6 Å². The molecule has 0 spiro atoms. The number of rotatable bonds is 6. The first kappa shape index (κ1) is 13.8. The predicted octanol–water partition coefficient (Wildman–Crippen LogP) is 3.39. The fourth-order valence-corrected chi connectivity index (χ4v) is 1.96. The number of carboxylic acids is 1. The van der Waals surface area contributed by atoms with E-state index in [1.165, 1.54) is 0 Å². The molecule has 1 aromatic carbocycles. The van der Waals surface area contributed by atoms with Crippen LogP contribution in [0.15, 0.2) is 18.2 Å². The van der Waals surface area contributed by atoms with E-state index in [-0.39, 0.29) is 12.3 Å². The van der Waals surface area contributed by atoms with Crippen LogP contribution in [0, 0.1) is 5.92 Å². The third-order valence-electron chi connectivity index (χ3n) is 2.67. The zero-order valence-electron chi connectivity index (χ0n) is 10.1. The topological polar surface area (TPSA) is 46.5 Å². The zero-order valence-corrected chi connectivity index (χ0v) is 10.8. The van der Waals surface area contributed by atoms with Crippen molar-refractivity contribution < 1.29 is 14.6 Å². The van der Waals surface area contributed by atoms with Crippen LogP contribution in [0.3, 0.4) is 0 Å². The number of aryl methyl sites for hydroxylation is 1. The number of halogens is 1. The quantitative estimate of drug-likeness (QED) is 0.849. The van der Waals surface area contributed by atoms with Crippen LogP contribution in [0.5, 0.6) is 5.75 Å². The summed E-state index contributed by atoms with van der Waals surface area (Å²) in [4.78, 5) is 10.5. The molecule has 17 heavy (non-hydrogen) atoms. The molecule has 0 saturated carbocycles. The Bertz CT molecular complexity index is 390. The minimum atomic E-state index is -0.745. The third-order valence-corrected chi connectivity index (χ3v) is 2.96. The van der Waals surface area contributed by atoms with Crippen LogP contribution < -0.4 is 4.74 Å². The lowest BCUT2D eigenvalue weighted by atomic mass is 9.98. The summed E-state index contributed by atoms with van der Waals surface area (Å²) in [5, 5.41) is 9.25. The van der Waals surface area contributed by atoms with Gasteiger partial charge in [-0.2, -0.15) is 0 Å². The summed E-state index contributed by atoms with van der Waals surface area (Å²) in [5.74, 6) is 0.0904. The van der Waals surface area contributed by atoms with Crippen molar-refractivity contribution in [3.63, 3.8) is 0 Å². The molecule has 0 aliphatic carbocycles. The molecule has 1 unspecified atom stereocenters. The van der Waals surface area contributed by atoms with Gasteiger partial charge in [0.25, 0.3) is 0 Å².